The highest BCUT2D eigenvalue weighted by atomic mass is 16.6. The van der Waals surface area contributed by atoms with Crippen LogP contribution >= 0.6 is 0 Å². The number of phenolic OH excluding ortho intramolecular Hbond substituents is 1. The van der Waals surface area contributed by atoms with E-state index in [1.54, 1.807) is 12.1 Å². The SMILES string of the molecule is CCOC(=O)CCCN1c2cc3c(cc2C(C)=CC1(C)C)C1(OC(=O)c2ccccc21)c1ccc(N(C)c2ccc(O)cc2)cc1O3. The van der Waals surface area contributed by atoms with Crippen LogP contribution in [0.25, 0.3) is 5.57 Å². The van der Waals surface area contributed by atoms with E-state index in [2.05, 4.69) is 43.9 Å². The standard InChI is InChI=1S/C39H38N2O6/c1-6-45-36(43)12-9-19-41-33-22-35-32(21-29(33)24(2)23-38(41,3)4)39(30-11-8-7-10-28(30)37(44)47-39)31-18-15-26(20-34(31)46-35)40(5)25-13-16-27(42)17-14-25/h7-8,10-11,13-18,20-23,42H,6,9,12,19H2,1-5H3. The van der Waals surface area contributed by atoms with Crippen molar-refractivity contribution in [2.24, 2.45) is 0 Å². The lowest BCUT2D eigenvalue weighted by Gasteiger charge is -2.45. The van der Waals surface area contributed by atoms with Gasteiger partial charge in [0.2, 0.25) is 0 Å². The molecule has 7 rings (SSSR count). The molecular weight excluding hydrogens is 592 g/mol. The molecule has 8 heteroatoms. The van der Waals surface area contributed by atoms with Gasteiger partial charge < -0.3 is 29.1 Å². The van der Waals surface area contributed by atoms with Gasteiger partial charge in [-0.25, -0.2) is 4.79 Å². The van der Waals surface area contributed by atoms with Crippen molar-refractivity contribution >= 4 is 34.6 Å². The molecule has 0 amide bonds. The van der Waals surface area contributed by atoms with Crippen LogP contribution in [-0.4, -0.2) is 42.8 Å². The Kier molecular flexibility index (Phi) is 7.27. The quantitative estimate of drug-likeness (QED) is 0.205. The average molecular weight is 631 g/mol. The second kappa shape index (κ2) is 11.2. The molecule has 0 fully saturated rings. The van der Waals surface area contributed by atoms with E-state index in [0.717, 1.165) is 44.9 Å². The van der Waals surface area contributed by atoms with Crippen molar-refractivity contribution < 1.29 is 28.9 Å². The Hall–Kier alpha value is -5.24. The van der Waals surface area contributed by atoms with Gasteiger partial charge in [0.1, 0.15) is 17.2 Å². The molecule has 0 radical (unpaired) electrons. The average Bonchev–Trinajstić information content (AvgIpc) is 3.34. The fraction of sp³-hybridized carbons (Fsp3) is 0.282. The van der Waals surface area contributed by atoms with E-state index in [1.807, 2.05) is 73.5 Å². The van der Waals surface area contributed by atoms with Gasteiger partial charge in [-0.05, 0) is 88.2 Å². The molecule has 8 nitrogen and oxygen atoms in total. The number of rotatable bonds is 7. The minimum Gasteiger partial charge on any atom is -0.508 e. The molecule has 0 saturated heterocycles. The van der Waals surface area contributed by atoms with Gasteiger partial charge in [-0.1, -0.05) is 24.3 Å². The number of esters is 2. The van der Waals surface area contributed by atoms with Gasteiger partial charge in [0.25, 0.3) is 0 Å². The van der Waals surface area contributed by atoms with Crippen molar-refractivity contribution in [2.45, 2.75) is 51.7 Å². The summed E-state index contributed by atoms with van der Waals surface area (Å²) in [5.41, 5.74) is 6.17. The number of fused-ring (bicyclic) bond motifs is 7. The van der Waals surface area contributed by atoms with Crippen LogP contribution in [0.15, 0.2) is 84.9 Å². The molecule has 240 valence electrons. The van der Waals surface area contributed by atoms with Crippen LogP contribution in [0.4, 0.5) is 17.1 Å². The first-order chi connectivity index (χ1) is 22.5. The van der Waals surface area contributed by atoms with Crippen LogP contribution in [0, 0.1) is 0 Å². The Morgan fingerprint density at radius 2 is 1.64 bits per heavy atom. The van der Waals surface area contributed by atoms with Crippen molar-refractivity contribution in [3.05, 3.63) is 113 Å². The molecule has 0 aromatic heterocycles. The Morgan fingerprint density at radius 3 is 2.40 bits per heavy atom. The highest BCUT2D eigenvalue weighted by Gasteiger charge is 2.54. The summed E-state index contributed by atoms with van der Waals surface area (Å²) in [6.07, 6.45) is 3.22. The van der Waals surface area contributed by atoms with Gasteiger partial charge >= 0.3 is 11.9 Å². The van der Waals surface area contributed by atoms with Crippen LogP contribution < -0.4 is 14.5 Å². The first-order valence-electron chi connectivity index (χ1n) is 16.0. The smallest absolute Gasteiger partial charge is 0.340 e. The zero-order valence-corrected chi connectivity index (χ0v) is 27.3. The third-order valence-electron chi connectivity index (χ3n) is 9.49. The van der Waals surface area contributed by atoms with Crippen LogP contribution in [0.2, 0.25) is 0 Å². The fourth-order valence-electron chi connectivity index (χ4n) is 7.29. The van der Waals surface area contributed by atoms with Gasteiger partial charge in [0, 0.05) is 71.5 Å². The minimum atomic E-state index is -1.21. The predicted octanol–water partition coefficient (Wildman–Crippen LogP) is 8.07. The number of carbonyl (C=O) groups is 2. The summed E-state index contributed by atoms with van der Waals surface area (Å²) in [6, 6.07) is 24.7. The zero-order valence-electron chi connectivity index (χ0n) is 27.3. The Labute approximate surface area is 274 Å². The van der Waals surface area contributed by atoms with E-state index in [9.17, 15) is 14.7 Å². The summed E-state index contributed by atoms with van der Waals surface area (Å²) in [6.45, 7) is 9.27. The van der Waals surface area contributed by atoms with E-state index in [-0.39, 0.29) is 23.2 Å². The number of phenols is 1. The molecular formula is C39H38N2O6. The number of anilines is 3. The first kappa shape index (κ1) is 30.4. The fourth-order valence-corrected chi connectivity index (χ4v) is 7.29. The number of nitrogens with zero attached hydrogens (tertiary/aromatic N) is 2. The van der Waals surface area contributed by atoms with Crippen LogP contribution in [-0.2, 0) is 19.9 Å². The van der Waals surface area contributed by atoms with Crippen molar-refractivity contribution in [1.82, 2.24) is 0 Å². The van der Waals surface area contributed by atoms with E-state index in [4.69, 9.17) is 14.2 Å². The lowest BCUT2D eigenvalue weighted by molar-refractivity contribution is -0.143. The third kappa shape index (κ3) is 4.90. The number of carbonyl (C=O) groups excluding carboxylic acids is 2. The first-order valence-corrected chi connectivity index (χ1v) is 16.0. The third-order valence-corrected chi connectivity index (χ3v) is 9.49. The highest BCUT2D eigenvalue weighted by molar-refractivity contribution is 5.97. The second-order valence-electron chi connectivity index (χ2n) is 12.9. The second-order valence-corrected chi connectivity index (χ2v) is 12.9. The number of aromatic hydroxyl groups is 1. The maximum atomic E-state index is 13.5. The topological polar surface area (TPSA) is 88.5 Å². The summed E-state index contributed by atoms with van der Waals surface area (Å²) >= 11 is 0. The van der Waals surface area contributed by atoms with Gasteiger partial charge in [0.15, 0.2) is 5.60 Å². The van der Waals surface area contributed by atoms with Gasteiger partial charge in [-0.2, -0.15) is 0 Å². The predicted molar refractivity (Wildman–Crippen MR) is 182 cm³/mol. The number of hydrogen-bond acceptors (Lipinski definition) is 8. The van der Waals surface area contributed by atoms with Gasteiger partial charge in [-0.15, -0.1) is 0 Å². The van der Waals surface area contributed by atoms with Crippen molar-refractivity contribution in [2.75, 3.05) is 30.0 Å². The number of benzene rings is 4. The summed E-state index contributed by atoms with van der Waals surface area (Å²) in [5.74, 6) is 0.808. The highest BCUT2D eigenvalue weighted by Crippen LogP contribution is 2.58. The lowest BCUT2D eigenvalue weighted by Crippen LogP contribution is -2.46. The summed E-state index contributed by atoms with van der Waals surface area (Å²) in [4.78, 5) is 30.0. The number of allylic oxidation sites excluding steroid dienone is 1. The molecule has 3 aliphatic heterocycles. The molecule has 3 aliphatic rings. The maximum Gasteiger partial charge on any atom is 0.340 e. The molecule has 4 aromatic rings. The molecule has 47 heavy (non-hydrogen) atoms. The van der Waals surface area contributed by atoms with Crippen LogP contribution in [0.5, 0.6) is 17.2 Å². The number of ether oxygens (including phenoxy) is 3. The molecule has 1 spiro atoms. The van der Waals surface area contributed by atoms with Gasteiger partial charge in [-0.3, -0.25) is 4.79 Å². The molecule has 3 heterocycles. The van der Waals surface area contributed by atoms with Crippen molar-refractivity contribution in [3.63, 3.8) is 0 Å². The van der Waals surface area contributed by atoms with Crippen LogP contribution in [0.3, 0.4) is 0 Å². The van der Waals surface area contributed by atoms with Gasteiger partial charge in [0.05, 0.1) is 17.7 Å². The summed E-state index contributed by atoms with van der Waals surface area (Å²) < 4.78 is 18.4. The molecule has 0 bridgehead atoms. The Bertz CT molecular complexity index is 1950. The Balaban J connectivity index is 1.38. The normalized spacial score (nSPS) is 18.3. The largest absolute Gasteiger partial charge is 0.508 e. The molecule has 0 aliphatic carbocycles. The molecule has 4 aromatic carbocycles. The van der Waals surface area contributed by atoms with Crippen LogP contribution in [0.1, 0.15) is 73.1 Å². The molecule has 1 unspecified atom stereocenters. The van der Waals surface area contributed by atoms with Crippen molar-refractivity contribution in [3.8, 4) is 17.2 Å². The monoisotopic (exact) mass is 630 g/mol. The van der Waals surface area contributed by atoms with E-state index in [0.29, 0.717) is 43.1 Å². The Morgan fingerprint density at radius 1 is 0.915 bits per heavy atom. The maximum absolute atomic E-state index is 13.5. The molecule has 1 atom stereocenters. The zero-order chi connectivity index (χ0) is 33.1. The summed E-state index contributed by atoms with van der Waals surface area (Å²) in [5, 5.41) is 9.82. The lowest BCUT2D eigenvalue weighted by atomic mass is 9.76. The number of hydrogen-bond donors (Lipinski definition) is 1. The minimum absolute atomic E-state index is 0.197. The van der Waals surface area contributed by atoms with E-state index < -0.39 is 5.60 Å². The van der Waals surface area contributed by atoms with E-state index in [1.165, 1.54) is 0 Å². The molecule has 1 N–H and O–H groups in total. The van der Waals surface area contributed by atoms with Crippen molar-refractivity contribution in [1.29, 1.82) is 0 Å². The molecule has 0 saturated carbocycles. The van der Waals surface area contributed by atoms with E-state index >= 15 is 0 Å². The summed E-state index contributed by atoms with van der Waals surface area (Å²) in [7, 11) is 1.95.